The summed E-state index contributed by atoms with van der Waals surface area (Å²) in [5.41, 5.74) is 0. The minimum atomic E-state index is -0.453. The van der Waals surface area contributed by atoms with E-state index in [0.717, 1.165) is 6.42 Å². The first-order chi connectivity index (χ1) is 7.62. The maximum absolute atomic E-state index is 11.0. The van der Waals surface area contributed by atoms with Gasteiger partial charge in [-0.25, -0.2) is 0 Å². The molecule has 0 aromatic carbocycles. The van der Waals surface area contributed by atoms with E-state index in [-0.39, 0.29) is 66.7 Å². The first-order valence-electron chi connectivity index (χ1n) is 5.73. The first-order valence-corrected chi connectivity index (χ1v) is 5.73. The van der Waals surface area contributed by atoms with Gasteiger partial charge < -0.3 is 20.3 Å². The number of rotatable bonds is 4. The molecule has 0 radical (unpaired) electrons. The van der Waals surface area contributed by atoms with Gasteiger partial charge in [0.25, 0.3) is 0 Å². The van der Waals surface area contributed by atoms with Crippen molar-refractivity contribution in [3.8, 4) is 0 Å². The van der Waals surface area contributed by atoms with E-state index in [1.165, 1.54) is 6.92 Å². The molecular formula is C11H20NNaO4. The largest absolute Gasteiger partial charge is 1.00 e. The third-order valence-corrected chi connectivity index (χ3v) is 3.14. The van der Waals surface area contributed by atoms with Crippen LogP contribution in [0.2, 0.25) is 0 Å². The van der Waals surface area contributed by atoms with Gasteiger partial charge in [0.15, 0.2) is 0 Å². The Balaban J connectivity index is 0.00000256. The van der Waals surface area contributed by atoms with E-state index in [2.05, 4.69) is 5.32 Å². The molecule has 0 spiro atoms. The molecule has 0 aliphatic carbocycles. The van der Waals surface area contributed by atoms with Gasteiger partial charge in [0, 0.05) is 13.0 Å². The van der Waals surface area contributed by atoms with Gasteiger partial charge in [0.1, 0.15) is 6.10 Å². The van der Waals surface area contributed by atoms with Crippen molar-refractivity contribution in [1.29, 1.82) is 0 Å². The fourth-order valence-corrected chi connectivity index (χ4v) is 2.25. The van der Waals surface area contributed by atoms with Crippen molar-refractivity contribution in [2.45, 2.75) is 44.9 Å². The van der Waals surface area contributed by atoms with Crippen LogP contribution in [0.4, 0.5) is 0 Å². The predicted octanol–water partition coefficient (Wildman–Crippen LogP) is -3.97. The minimum absolute atomic E-state index is 0. The van der Waals surface area contributed by atoms with E-state index in [9.17, 15) is 9.90 Å². The normalized spacial score (nSPS) is 32.7. The molecule has 2 unspecified atom stereocenters. The van der Waals surface area contributed by atoms with Crippen LogP contribution in [0.15, 0.2) is 0 Å². The smallest absolute Gasteiger partial charge is 0.853 e. The predicted molar refractivity (Wildman–Crippen MR) is 56.6 cm³/mol. The molecule has 1 rings (SSSR count). The van der Waals surface area contributed by atoms with Gasteiger partial charge in [0.2, 0.25) is 5.91 Å². The Morgan fingerprint density at radius 2 is 2.18 bits per heavy atom. The molecule has 4 atom stereocenters. The number of hydrogen-bond donors (Lipinski definition) is 2. The van der Waals surface area contributed by atoms with Crippen LogP contribution in [-0.2, 0) is 9.53 Å². The molecular weight excluding hydrogens is 233 g/mol. The molecule has 6 heteroatoms. The molecule has 5 nitrogen and oxygen atoms in total. The summed E-state index contributed by atoms with van der Waals surface area (Å²) in [5, 5.41) is 22.9. The van der Waals surface area contributed by atoms with Gasteiger partial charge in [-0.2, -0.15) is 0 Å². The zero-order valence-electron chi connectivity index (χ0n) is 10.8. The van der Waals surface area contributed by atoms with Crippen LogP contribution in [0.1, 0.15) is 26.7 Å². The Labute approximate surface area is 124 Å². The first kappa shape index (κ1) is 17.4. The minimum Gasteiger partial charge on any atom is -0.853 e. The van der Waals surface area contributed by atoms with E-state index in [1.54, 1.807) is 0 Å². The summed E-state index contributed by atoms with van der Waals surface area (Å²) >= 11 is 0. The van der Waals surface area contributed by atoms with Crippen LogP contribution in [-0.4, -0.2) is 42.5 Å². The number of aliphatic hydroxyl groups is 1. The number of nitrogens with one attached hydrogen (secondary N) is 1. The van der Waals surface area contributed by atoms with Gasteiger partial charge >= 0.3 is 29.6 Å². The fourth-order valence-electron chi connectivity index (χ4n) is 2.25. The zero-order valence-corrected chi connectivity index (χ0v) is 12.8. The number of carbonyl (C=O) groups excluding carboxylic acids is 1. The van der Waals surface area contributed by atoms with Crippen molar-refractivity contribution >= 4 is 5.91 Å². The monoisotopic (exact) mass is 253 g/mol. The molecule has 1 aliphatic rings. The van der Waals surface area contributed by atoms with E-state index < -0.39 is 6.10 Å². The Morgan fingerprint density at radius 1 is 1.53 bits per heavy atom. The van der Waals surface area contributed by atoms with Gasteiger partial charge in [-0.05, 0) is 12.3 Å². The SMILES string of the molecule is CC[C@H]1CC(NC(C)=O)[C@H](CO)OC1C[O-].[Na+]. The third kappa shape index (κ3) is 4.85. The maximum atomic E-state index is 11.0. The summed E-state index contributed by atoms with van der Waals surface area (Å²) in [6.07, 6.45) is 0.757. The van der Waals surface area contributed by atoms with Crippen LogP contribution in [0, 0.1) is 5.92 Å². The van der Waals surface area contributed by atoms with Crippen molar-refractivity contribution < 1.29 is 49.3 Å². The Kier molecular flexibility index (Phi) is 8.63. The molecule has 0 bridgehead atoms. The third-order valence-electron chi connectivity index (χ3n) is 3.14. The molecule has 0 aromatic heterocycles. The van der Waals surface area contributed by atoms with E-state index in [4.69, 9.17) is 9.84 Å². The van der Waals surface area contributed by atoms with E-state index >= 15 is 0 Å². The molecule has 0 aromatic rings. The van der Waals surface area contributed by atoms with Crippen LogP contribution in [0.25, 0.3) is 0 Å². The second-order valence-electron chi connectivity index (χ2n) is 4.27. The molecule has 17 heavy (non-hydrogen) atoms. The van der Waals surface area contributed by atoms with Crippen LogP contribution < -0.4 is 40.0 Å². The van der Waals surface area contributed by atoms with Gasteiger partial charge in [0.05, 0.1) is 12.6 Å². The van der Waals surface area contributed by atoms with Crippen molar-refractivity contribution in [1.82, 2.24) is 5.32 Å². The average molecular weight is 253 g/mol. The summed E-state index contributed by atoms with van der Waals surface area (Å²) in [4.78, 5) is 11.0. The molecule has 1 amide bonds. The standard InChI is InChI=1S/C11H20NO4.Na/c1-3-8-4-9(12-7(2)15)11(6-14)16-10(8)5-13;/h8-11,14H,3-6H2,1-2H3,(H,12,15);/q-1;+1/t8-,9?,10?,11-;/m0./s1. The van der Waals surface area contributed by atoms with E-state index in [0.29, 0.717) is 6.42 Å². The van der Waals surface area contributed by atoms with Crippen molar-refractivity contribution in [2.24, 2.45) is 5.92 Å². The summed E-state index contributed by atoms with van der Waals surface area (Å²) < 4.78 is 5.52. The van der Waals surface area contributed by atoms with Crippen molar-refractivity contribution in [3.05, 3.63) is 0 Å². The molecule has 94 valence electrons. The number of carbonyl (C=O) groups is 1. The Bertz CT molecular complexity index is 240. The summed E-state index contributed by atoms with van der Waals surface area (Å²) in [7, 11) is 0. The number of amides is 1. The van der Waals surface area contributed by atoms with Crippen molar-refractivity contribution in [3.63, 3.8) is 0 Å². The Hall–Kier alpha value is 0.350. The molecule has 1 saturated heterocycles. The number of aliphatic hydroxyl groups excluding tert-OH is 1. The van der Waals surface area contributed by atoms with Crippen LogP contribution in [0.5, 0.6) is 0 Å². The second-order valence-corrected chi connectivity index (χ2v) is 4.27. The van der Waals surface area contributed by atoms with Gasteiger partial charge in [-0.1, -0.05) is 13.3 Å². The van der Waals surface area contributed by atoms with Gasteiger partial charge in [-0.3, -0.25) is 4.79 Å². The molecule has 1 heterocycles. The topological polar surface area (TPSA) is 81.6 Å². The average Bonchev–Trinajstić information content (AvgIpc) is 2.27. The van der Waals surface area contributed by atoms with Crippen molar-refractivity contribution in [2.75, 3.05) is 13.2 Å². The van der Waals surface area contributed by atoms with Gasteiger partial charge in [-0.15, -0.1) is 6.61 Å². The quantitative estimate of drug-likeness (QED) is 0.501. The summed E-state index contributed by atoms with van der Waals surface area (Å²) in [6.45, 7) is 2.98. The number of ether oxygens (including phenoxy) is 1. The number of hydrogen-bond acceptors (Lipinski definition) is 4. The maximum Gasteiger partial charge on any atom is 1.00 e. The summed E-state index contributed by atoms with van der Waals surface area (Å²) in [5.74, 6) is 0.0274. The summed E-state index contributed by atoms with van der Waals surface area (Å²) in [6, 6.07) is -0.185. The second kappa shape index (κ2) is 8.45. The Morgan fingerprint density at radius 3 is 2.59 bits per heavy atom. The molecule has 0 saturated carbocycles. The zero-order chi connectivity index (χ0) is 12.1. The molecule has 1 aliphatic heterocycles. The van der Waals surface area contributed by atoms with Crippen LogP contribution >= 0.6 is 0 Å². The molecule has 2 N–H and O–H groups in total. The van der Waals surface area contributed by atoms with E-state index in [1.807, 2.05) is 6.92 Å². The fraction of sp³-hybridized carbons (Fsp3) is 0.909. The molecule has 1 fully saturated rings. The van der Waals surface area contributed by atoms with Crippen LogP contribution in [0.3, 0.4) is 0 Å².